The third-order valence-corrected chi connectivity index (χ3v) is 4.64. The van der Waals surface area contributed by atoms with Gasteiger partial charge in [-0.15, -0.1) is 25.6 Å². The smallest absolute Gasteiger partial charge is 0.405 e. The number of amides is 1. The summed E-state index contributed by atoms with van der Waals surface area (Å²) in [5.41, 5.74) is 0.453. The standard InChI is InChI=1S/C17H21F3N2O2.ClH/c18-17(19,20)24-15-6-2-1-5-12(15)13-8-14(13)16(23)22-10-11-4-3-7-21-9-11;/h1-2,5-6,11,13-14,21H,3-4,7-10H2,(H,22,23);1H. The Balaban J connectivity index is 0.00000225. The lowest BCUT2D eigenvalue weighted by Crippen LogP contribution is -2.38. The third kappa shape index (κ3) is 5.51. The molecule has 0 aromatic heterocycles. The van der Waals surface area contributed by atoms with Gasteiger partial charge in [-0.2, -0.15) is 0 Å². The van der Waals surface area contributed by atoms with E-state index in [1.54, 1.807) is 12.1 Å². The Hall–Kier alpha value is -1.47. The van der Waals surface area contributed by atoms with Gasteiger partial charge in [0.05, 0.1) is 0 Å². The molecule has 140 valence electrons. The second-order valence-electron chi connectivity index (χ2n) is 6.49. The highest BCUT2D eigenvalue weighted by molar-refractivity contribution is 5.85. The maximum atomic E-state index is 12.5. The molecule has 2 N–H and O–H groups in total. The molecule has 1 aromatic rings. The summed E-state index contributed by atoms with van der Waals surface area (Å²) in [5, 5.41) is 6.23. The molecule has 3 unspecified atom stereocenters. The first-order valence-electron chi connectivity index (χ1n) is 8.27. The zero-order chi connectivity index (χ0) is 17.2. The van der Waals surface area contributed by atoms with Crippen LogP contribution in [0.1, 0.15) is 30.7 Å². The Bertz CT molecular complexity index is 592. The van der Waals surface area contributed by atoms with Crippen molar-refractivity contribution in [2.24, 2.45) is 11.8 Å². The number of alkyl halides is 3. The van der Waals surface area contributed by atoms with Crippen LogP contribution < -0.4 is 15.4 Å². The van der Waals surface area contributed by atoms with Gasteiger partial charge in [-0.3, -0.25) is 4.79 Å². The van der Waals surface area contributed by atoms with Crippen LogP contribution in [-0.2, 0) is 4.79 Å². The molecule has 3 atom stereocenters. The zero-order valence-corrected chi connectivity index (χ0v) is 14.5. The second-order valence-corrected chi connectivity index (χ2v) is 6.49. The molecule has 1 aromatic carbocycles. The normalized spacial score (nSPS) is 25.6. The summed E-state index contributed by atoms with van der Waals surface area (Å²) in [7, 11) is 0. The van der Waals surface area contributed by atoms with Crippen molar-refractivity contribution >= 4 is 18.3 Å². The number of piperidine rings is 1. The molecule has 1 amide bonds. The summed E-state index contributed by atoms with van der Waals surface area (Å²) in [6, 6.07) is 6.06. The Labute approximate surface area is 150 Å². The molecule has 25 heavy (non-hydrogen) atoms. The molecule has 1 aliphatic carbocycles. The van der Waals surface area contributed by atoms with Crippen molar-refractivity contribution in [3.63, 3.8) is 0 Å². The minimum Gasteiger partial charge on any atom is -0.405 e. The zero-order valence-electron chi connectivity index (χ0n) is 13.6. The quantitative estimate of drug-likeness (QED) is 0.827. The number of para-hydroxylation sites is 1. The van der Waals surface area contributed by atoms with E-state index >= 15 is 0 Å². The lowest BCUT2D eigenvalue weighted by Gasteiger charge is -2.22. The number of hydrogen-bond acceptors (Lipinski definition) is 3. The largest absolute Gasteiger partial charge is 0.573 e. The average Bonchev–Trinajstić information content (AvgIpc) is 3.33. The van der Waals surface area contributed by atoms with Crippen molar-refractivity contribution in [3.8, 4) is 5.75 Å². The van der Waals surface area contributed by atoms with Crippen LogP contribution in [-0.4, -0.2) is 31.9 Å². The molecule has 4 nitrogen and oxygen atoms in total. The van der Waals surface area contributed by atoms with E-state index in [0.717, 1.165) is 25.9 Å². The molecule has 0 radical (unpaired) electrons. The van der Waals surface area contributed by atoms with Crippen molar-refractivity contribution in [1.29, 1.82) is 0 Å². The van der Waals surface area contributed by atoms with Gasteiger partial charge in [-0.1, -0.05) is 18.2 Å². The van der Waals surface area contributed by atoms with E-state index in [4.69, 9.17) is 0 Å². The predicted molar refractivity (Wildman–Crippen MR) is 89.8 cm³/mol. The van der Waals surface area contributed by atoms with Crippen LogP contribution >= 0.6 is 12.4 Å². The van der Waals surface area contributed by atoms with E-state index in [2.05, 4.69) is 15.4 Å². The Kier molecular flexibility index (Phi) is 6.57. The molecule has 1 heterocycles. The highest BCUT2D eigenvalue weighted by Crippen LogP contribution is 2.51. The first-order valence-corrected chi connectivity index (χ1v) is 8.27. The Morgan fingerprint density at radius 1 is 1.32 bits per heavy atom. The molecule has 8 heteroatoms. The van der Waals surface area contributed by atoms with Gasteiger partial charge in [0, 0.05) is 12.5 Å². The average molecular weight is 379 g/mol. The van der Waals surface area contributed by atoms with Gasteiger partial charge >= 0.3 is 6.36 Å². The number of hydrogen-bond donors (Lipinski definition) is 2. The lowest BCUT2D eigenvalue weighted by molar-refractivity contribution is -0.274. The van der Waals surface area contributed by atoms with Crippen LogP contribution in [0.3, 0.4) is 0 Å². The van der Waals surface area contributed by atoms with E-state index in [1.165, 1.54) is 12.1 Å². The molecule has 1 aliphatic heterocycles. The van der Waals surface area contributed by atoms with E-state index < -0.39 is 6.36 Å². The predicted octanol–water partition coefficient (Wildman–Crippen LogP) is 3.23. The van der Waals surface area contributed by atoms with Crippen molar-refractivity contribution in [1.82, 2.24) is 10.6 Å². The number of benzene rings is 1. The molecule has 1 saturated carbocycles. The third-order valence-electron chi connectivity index (χ3n) is 4.64. The van der Waals surface area contributed by atoms with Gasteiger partial charge in [0.2, 0.25) is 5.91 Å². The fraction of sp³-hybridized carbons (Fsp3) is 0.588. The molecule has 0 bridgehead atoms. The van der Waals surface area contributed by atoms with E-state index in [0.29, 0.717) is 24.4 Å². The highest BCUT2D eigenvalue weighted by atomic mass is 35.5. The van der Waals surface area contributed by atoms with Gasteiger partial charge in [-0.25, -0.2) is 0 Å². The SMILES string of the molecule is Cl.O=C(NCC1CCCNC1)C1CC1c1ccccc1OC(F)(F)F. The summed E-state index contributed by atoms with van der Waals surface area (Å²) >= 11 is 0. The van der Waals surface area contributed by atoms with Crippen molar-refractivity contribution in [2.45, 2.75) is 31.5 Å². The first-order chi connectivity index (χ1) is 11.4. The van der Waals surface area contributed by atoms with E-state index in [-0.39, 0.29) is 35.9 Å². The summed E-state index contributed by atoms with van der Waals surface area (Å²) in [6.07, 6.45) is -1.97. The second kappa shape index (κ2) is 8.27. The molecular formula is C17H22ClF3N2O2. The molecule has 0 spiro atoms. The van der Waals surface area contributed by atoms with Gasteiger partial charge < -0.3 is 15.4 Å². The van der Waals surface area contributed by atoms with Crippen LogP contribution in [0.5, 0.6) is 5.75 Å². The van der Waals surface area contributed by atoms with Crippen molar-refractivity contribution in [3.05, 3.63) is 29.8 Å². The number of nitrogens with one attached hydrogen (secondary N) is 2. The van der Waals surface area contributed by atoms with Crippen molar-refractivity contribution < 1.29 is 22.7 Å². The van der Waals surface area contributed by atoms with E-state index in [1.807, 2.05) is 0 Å². The summed E-state index contributed by atoms with van der Waals surface area (Å²) in [4.78, 5) is 12.2. The number of halogens is 4. The molecular weight excluding hydrogens is 357 g/mol. The van der Waals surface area contributed by atoms with Gasteiger partial charge in [0.15, 0.2) is 0 Å². The monoisotopic (exact) mass is 378 g/mol. The first kappa shape index (κ1) is 19.8. The number of carbonyl (C=O) groups is 1. The summed E-state index contributed by atoms with van der Waals surface area (Å²) < 4.78 is 41.5. The lowest BCUT2D eigenvalue weighted by atomic mass is 9.99. The minimum absolute atomic E-state index is 0. The van der Waals surface area contributed by atoms with E-state index in [9.17, 15) is 18.0 Å². The topological polar surface area (TPSA) is 50.4 Å². The van der Waals surface area contributed by atoms with Crippen LogP contribution in [0.25, 0.3) is 0 Å². The van der Waals surface area contributed by atoms with Gasteiger partial charge in [-0.05, 0) is 55.8 Å². The number of ether oxygens (including phenoxy) is 1. The number of rotatable bonds is 5. The summed E-state index contributed by atoms with van der Waals surface area (Å²) in [6.45, 7) is 2.54. The van der Waals surface area contributed by atoms with Crippen LogP contribution in [0.2, 0.25) is 0 Å². The Morgan fingerprint density at radius 2 is 2.08 bits per heavy atom. The number of carbonyl (C=O) groups excluding carboxylic acids is 1. The van der Waals surface area contributed by atoms with Crippen LogP contribution in [0, 0.1) is 11.8 Å². The van der Waals surface area contributed by atoms with Gasteiger partial charge in [0.25, 0.3) is 0 Å². The fourth-order valence-corrected chi connectivity index (χ4v) is 3.31. The molecule has 2 fully saturated rings. The van der Waals surface area contributed by atoms with Crippen molar-refractivity contribution in [2.75, 3.05) is 19.6 Å². The minimum atomic E-state index is -4.73. The molecule has 2 aliphatic rings. The van der Waals surface area contributed by atoms with Crippen LogP contribution in [0.4, 0.5) is 13.2 Å². The molecule has 3 rings (SSSR count). The maximum Gasteiger partial charge on any atom is 0.573 e. The highest BCUT2D eigenvalue weighted by Gasteiger charge is 2.46. The van der Waals surface area contributed by atoms with Crippen LogP contribution in [0.15, 0.2) is 24.3 Å². The fourth-order valence-electron chi connectivity index (χ4n) is 3.31. The summed E-state index contributed by atoms with van der Waals surface area (Å²) in [5.74, 6) is -0.317. The van der Waals surface area contributed by atoms with Gasteiger partial charge in [0.1, 0.15) is 5.75 Å². The molecule has 1 saturated heterocycles. The maximum absolute atomic E-state index is 12.5. The Morgan fingerprint density at radius 3 is 2.76 bits per heavy atom.